The van der Waals surface area contributed by atoms with Gasteiger partial charge in [0.15, 0.2) is 6.10 Å². The van der Waals surface area contributed by atoms with E-state index in [-0.39, 0.29) is 63.0 Å². The van der Waals surface area contributed by atoms with Crippen LogP contribution in [0.3, 0.4) is 0 Å². The van der Waals surface area contributed by atoms with Crippen LogP contribution in [-0.4, -0.2) is 149 Å². The van der Waals surface area contributed by atoms with Crippen LogP contribution in [0.5, 0.6) is 11.5 Å². The van der Waals surface area contributed by atoms with Crippen LogP contribution in [-0.2, 0) is 59.7 Å². The zero-order chi connectivity index (χ0) is 41.1. The fraction of sp³-hybridized carbons (Fsp3) is 0.576. The normalized spacial score (nSPS) is 21.9. The second-order valence-electron chi connectivity index (χ2n) is 13.3. The van der Waals surface area contributed by atoms with Gasteiger partial charge in [-0.3, -0.25) is 33.4 Å². The average Bonchev–Trinajstić information content (AvgIpc) is 3.42. The van der Waals surface area contributed by atoms with Crippen molar-refractivity contribution in [3.63, 3.8) is 0 Å². The largest absolute Gasteiger partial charge is 0.491 e. The molecule has 0 aromatic heterocycles. The molecule has 3 rings (SSSR count). The van der Waals surface area contributed by atoms with E-state index in [0.29, 0.717) is 0 Å². The monoisotopic (exact) mass is 803 g/mol. The highest BCUT2D eigenvalue weighted by Crippen LogP contribution is 2.31. The Morgan fingerprint density at radius 1 is 0.982 bits per heavy atom. The van der Waals surface area contributed by atoms with Gasteiger partial charge in [0, 0.05) is 43.3 Å². The molecule has 7 N–H and O–H groups in total. The number of carboxylic acids is 1. The van der Waals surface area contributed by atoms with Gasteiger partial charge in [-0.1, -0.05) is 0 Å². The Bertz CT molecular complexity index is 1690. The molecule has 2 aliphatic heterocycles. The van der Waals surface area contributed by atoms with Crippen LogP contribution in [0.2, 0.25) is 0 Å². The van der Waals surface area contributed by atoms with E-state index in [2.05, 4.69) is 10.6 Å². The number of ether oxygens (including phenoxy) is 5. The van der Waals surface area contributed by atoms with Gasteiger partial charge in [-0.15, -0.1) is 0 Å². The van der Waals surface area contributed by atoms with Crippen LogP contribution in [0.4, 0.5) is 0 Å². The Morgan fingerprint density at radius 3 is 2.27 bits per heavy atom. The molecule has 22 heteroatoms. The summed E-state index contributed by atoms with van der Waals surface area (Å²) in [5, 5.41) is 44.8. The molecule has 0 radical (unpaired) electrons. The van der Waals surface area contributed by atoms with E-state index < -0.39 is 100 Å². The summed E-state index contributed by atoms with van der Waals surface area (Å²) >= 11 is 0. The number of aliphatic hydroxyl groups is 3. The van der Waals surface area contributed by atoms with Crippen LogP contribution in [0.15, 0.2) is 30.4 Å². The highest BCUT2D eigenvalue weighted by molar-refractivity contribution is 7.85. The fourth-order valence-electron chi connectivity index (χ4n) is 4.84. The first kappa shape index (κ1) is 44.7. The van der Waals surface area contributed by atoms with Crippen molar-refractivity contribution in [2.75, 3.05) is 38.7 Å². The number of aliphatic carboxylic acids is 1. The number of carbonyl (C=O) groups excluding carboxylic acids is 5. The number of nitrogens with one attached hydrogen (secondary N) is 2. The van der Waals surface area contributed by atoms with Crippen molar-refractivity contribution >= 4 is 45.7 Å². The third kappa shape index (κ3) is 13.8. The Hall–Kier alpha value is -4.71. The van der Waals surface area contributed by atoms with Crippen molar-refractivity contribution in [2.24, 2.45) is 5.41 Å². The molecule has 1 aromatic carbocycles. The van der Waals surface area contributed by atoms with Crippen molar-refractivity contribution in [3.8, 4) is 11.5 Å². The lowest BCUT2D eigenvalue weighted by atomic mass is 9.97. The van der Waals surface area contributed by atoms with Gasteiger partial charge in [-0.2, -0.15) is 8.42 Å². The highest BCUT2D eigenvalue weighted by Gasteiger charge is 2.48. The Kier molecular flexibility index (Phi) is 16.0. The van der Waals surface area contributed by atoms with Crippen LogP contribution < -0.4 is 20.1 Å². The maximum Gasteiger partial charge on any atom is 0.335 e. The van der Waals surface area contributed by atoms with Crippen LogP contribution >= 0.6 is 0 Å². The van der Waals surface area contributed by atoms with Gasteiger partial charge >= 0.3 is 11.9 Å². The molecule has 1 aromatic rings. The van der Waals surface area contributed by atoms with E-state index in [1.807, 2.05) is 0 Å². The predicted molar refractivity (Wildman–Crippen MR) is 183 cm³/mol. The van der Waals surface area contributed by atoms with E-state index in [1.54, 1.807) is 20.8 Å². The predicted octanol–water partition coefficient (Wildman–Crippen LogP) is -2.36. The molecule has 0 aliphatic carbocycles. The number of aliphatic hydroxyl groups excluding tert-OH is 3. The number of amides is 4. The molecular weight excluding hydrogens is 758 g/mol. The molecule has 0 spiro atoms. The minimum Gasteiger partial charge on any atom is -0.491 e. The third-order valence-corrected chi connectivity index (χ3v) is 8.64. The standard InChI is InChI=1S/C33H45N3O18S/c1-33(2,3)32(46)52-17-18-4-5-19(16-21(18)53-31-27(42)25(40)26(41)28(54-31)30(44)45)51-14-13-50-12-10-34-29(43)20(9-15-55(47,48)49)35-22(37)8-11-36-23(38)6-7-24(36)39/h4-7,16,20,25-28,31,40-42H,8-15,17H2,1-3H3,(H,34,43)(H,35,37)(H,44,45)(H,47,48,49)/t20-,25+,26+,27-,28+,31-/m1/s1. The number of nitrogens with zero attached hydrogens (tertiary/aromatic N) is 1. The second kappa shape index (κ2) is 19.7. The summed E-state index contributed by atoms with van der Waals surface area (Å²) in [6.45, 7) is 4.08. The number of hydrogen-bond acceptors (Lipinski definition) is 16. The van der Waals surface area contributed by atoms with E-state index in [1.165, 1.54) is 18.2 Å². The molecule has 1 fully saturated rings. The molecule has 1 saturated heterocycles. The van der Waals surface area contributed by atoms with Gasteiger partial charge in [0.05, 0.1) is 24.4 Å². The van der Waals surface area contributed by atoms with Crippen molar-refractivity contribution in [1.29, 1.82) is 0 Å². The SMILES string of the molecule is CC(C)(C)C(=O)OCc1ccc(OCCOCCNC(=O)[C@@H](CCS(=O)(=O)O)NC(=O)CCN2C(=O)C=CC2=O)cc1O[C@@H]1O[C@H](C(=O)O)[C@@H](O)[C@H](O)[C@H]1O. The minimum atomic E-state index is -4.48. The lowest BCUT2D eigenvalue weighted by molar-refractivity contribution is -0.271. The Morgan fingerprint density at radius 2 is 1.65 bits per heavy atom. The maximum absolute atomic E-state index is 12.7. The highest BCUT2D eigenvalue weighted by atomic mass is 32.2. The molecule has 2 aliphatic rings. The van der Waals surface area contributed by atoms with E-state index in [4.69, 9.17) is 28.2 Å². The molecule has 0 saturated carbocycles. The summed E-state index contributed by atoms with van der Waals surface area (Å²) < 4.78 is 59.1. The smallest absolute Gasteiger partial charge is 0.335 e. The lowest BCUT2D eigenvalue weighted by Gasteiger charge is -2.38. The number of hydrogen-bond donors (Lipinski definition) is 7. The van der Waals surface area contributed by atoms with Gasteiger partial charge in [0.1, 0.15) is 49.1 Å². The number of benzene rings is 1. The third-order valence-electron chi connectivity index (χ3n) is 7.89. The fourth-order valence-corrected chi connectivity index (χ4v) is 5.38. The molecule has 6 atom stereocenters. The summed E-state index contributed by atoms with van der Waals surface area (Å²) in [6, 6.07) is 2.89. The quantitative estimate of drug-likeness (QED) is 0.0314. The second-order valence-corrected chi connectivity index (χ2v) is 14.9. The topological polar surface area (TPSA) is 311 Å². The zero-order valence-electron chi connectivity index (χ0n) is 30.1. The molecule has 21 nitrogen and oxygen atoms in total. The van der Waals surface area contributed by atoms with Crippen LogP contribution in [0, 0.1) is 5.41 Å². The van der Waals surface area contributed by atoms with Crippen LogP contribution in [0.25, 0.3) is 0 Å². The molecule has 55 heavy (non-hydrogen) atoms. The summed E-state index contributed by atoms with van der Waals surface area (Å²) in [7, 11) is -4.48. The molecule has 4 amide bonds. The molecule has 0 unspecified atom stereocenters. The van der Waals surface area contributed by atoms with Crippen molar-refractivity contribution in [2.45, 2.75) is 77.0 Å². The number of carbonyl (C=O) groups is 6. The van der Waals surface area contributed by atoms with E-state index in [0.717, 1.165) is 17.1 Å². The number of esters is 1. The number of imide groups is 1. The molecule has 306 valence electrons. The van der Waals surface area contributed by atoms with Gasteiger partial charge in [-0.05, 0) is 39.3 Å². The van der Waals surface area contributed by atoms with Crippen molar-refractivity contribution < 1.29 is 85.8 Å². The summed E-state index contributed by atoms with van der Waals surface area (Å²) in [6.07, 6.45) is -8.23. The van der Waals surface area contributed by atoms with Gasteiger partial charge in [0.25, 0.3) is 21.9 Å². The van der Waals surface area contributed by atoms with E-state index in [9.17, 15) is 57.6 Å². The maximum atomic E-state index is 12.7. The Labute approximate surface area is 315 Å². The first-order valence-corrected chi connectivity index (χ1v) is 18.4. The number of rotatable bonds is 20. The molecule has 0 bridgehead atoms. The first-order chi connectivity index (χ1) is 25.7. The molecular formula is C33H45N3O18S. The van der Waals surface area contributed by atoms with Crippen molar-refractivity contribution in [1.82, 2.24) is 15.5 Å². The lowest BCUT2D eigenvalue weighted by Crippen LogP contribution is -2.61. The molecule has 2 heterocycles. The average molecular weight is 804 g/mol. The van der Waals surface area contributed by atoms with Gasteiger partial charge in [-0.25, -0.2) is 4.79 Å². The number of carboxylic acid groups (broad SMARTS) is 1. The minimum absolute atomic E-state index is 0.0302. The van der Waals surface area contributed by atoms with Crippen molar-refractivity contribution in [3.05, 3.63) is 35.9 Å². The van der Waals surface area contributed by atoms with E-state index >= 15 is 0 Å². The first-order valence-electron chi connectivity index (χ1n) is 16.8. The summed E-state index contributed by atoms with van der Waals surface area (Å²) in [4.78, 5) is 73.3. The van der Waals surface area contributed by atoms with Crippen LogP contribution in [0.1, 0.15) is 39.2 Å². The zero-order valence-corrected chi connectivity index (χ0v) is 30.9. The van der Waals surface area contributed by atoms with Gasteiger partial charge < -0.3 is 54.7 Å². The van der Waals surface area contributed by atoms with Gasteiger partial charge in [0.2, 0.25) is 18.1 Å². The summed E-state index contributed by atoms with van der Waals surface area (Å²) in [5.74, 6) is -5.69. The summed E-state index contributed by atoms with van der Waals surface area (Å²) in [5.41, 5.74) is -0.593. The Balaban J connectivity index is 1.54.